The second-order valence-corrected chi connectivity index (χ2v) is 5.50. The number of piperidine rings is 1. The Kier molecular flexibility index (Phi) is 7.52. The number of carbonyl (C=O) groups is 3. The molecule has 0 aliphatic carbocycles. The van der Waals surface area contributed by atoms with Crippen molar-refractivity contribution in [1.29, 1.82) is 0 Å². The standard InChI is InChI=1S/C17H22N2O6/c1-2-19(23-12-13-8-4-3-5-9-13)25-17(22)16(21)24-15(20)14-10-6-7-11-18-14/h3-5,8-9,14,18H,2,6-7,10-12H2,1H3/t14-/m1/s1. The van der Waals surface area contributed by atoms with Crippen LogP contribution in [0.3, 0.4) is 0 Å². The fraction of sp³-hybridized carbons (Fsp3) is 0.471. The molecule has 0 bridgehead atoms. The van der Waals surface area contributed by atoms with Crippen LogP contribution in [0.5, 0.6) is 0 Å². The van der Waals surface area contributed by atoms with E-state index in [0.717, 1.165) is 23.6 Å². The first-order chi connectivity index (χ1) is 12.1. The van der Waals surface area contributed by atoms with Crippen LogP contribution in [-0.4, -0.2) is 42.3 Å². The van der Waals surface area contributed by atoms with Crippen LogP contribution in [0.15, 0.2) is 30.3 Å². The molecule has 2 rings (SSSR count). The van der Waals surface area contributed by atoms with Crippen LogP contribution in [0.2, 0.25) is 0 Å². The summed E-state index contributed by atoms with van der Waals surface area (Å²) in [5, 5.41) is 3.81. The average Bonchev–Trinajstić information content (AvgIpc) is 2.66. The molecule has 1 atom stereocenters. The van der Waals surface area contributed by atoms with Gasteiger partial charge in [-0.1, -0.05) is 36.8 Å². The van der Waals surface area contributed by atoms with E-state index >= 15 is 0 Å². The number of esters is 2. The normalized spacial score (nSPS) is 17.1. The molecule has 0 radical (unpaired) electrons. The van der Waals surface area contributed by atoms with Crippen molar-refractivity contribution in [2.24, 2.45) is 0 Å². The van der Waals surface area contributed by atoms with Crippen molar-refractivity contribution in [2.45, 2.75) is 38.8 Å². The average molecular weight is 350 g/mol. The quantitative estimate of drug-likeness (QED) is 0.353. The molecule has 1 saturated heterocycles. The maximum Gasteiger partial charge on any atom is 0.438 e. The van der Waals surface area contributed by atoms with Gasteiger partial charge in [0, 0.05) is 0 Å². The van der Waals surface area contributed by atoms with Gasteiger partial charge in [-0.05, 0) is 37.1 Å². The molecule has 0 spiro atoms. The Morgan fingerprint density at radius 3 is 2.56 bits per heavy atom. The first kappa shape index (κ1) is 19.0. The minimum Gasteiger partial charge on any atom is -0.383 e. The second kappa shape index (κ2) is 9.87. The van der Waals surface area contributed by atoms with Crippen molar-refractivity contribution in [3.63, 3.8) is 0 Å². The molecule has 0 saturated carbocycles. The maximum absolute atomic E-state index is 11.8. The zero-order valence-electron chi connectivity index (χ0n) is 14.1. The van der Waals surface area contributed by atoms with Gasteiger partial charge in [0.15, 0.2) is 0 Å². The molecule has 1 aliphatic rings. The van der Waals surface area contributed by atoms with Gasteiger partial charge >= 0.3 is 17.9 Å². The summed E-state index contributed by atoms with van der Waals surface area (Å²) in [6.45, 7) is 2.72. The van der Waals surface area contributed by atoms with Crippen molar-refractivity contribution in [3.05, 3.63) is 35.9 Å². The van der Waals surface area contributed by atoms with Gasteiger partial charge in [0.05, 0.1) is 13.2 Å². The Labute approximate surface area is 145 Å². The molecule has 8 heteroatoms. The van der Waals surface area contributed by atoms with E-state index in [1.807, 2.05) is 30.3 Å². The van der Waals surface area contributed by atoms with Crippen molar-refractivity contribution in [1.82, 2.24) is 10.5 Å². The third-order valence-corrected chi connectivity index (χ3v) is 3.62. The fourth-order valence-corrected chi connectivity index (χ4v) is 2.29. The summed E-state index contributed by atoms with van der Waals surface area (Å²) >= 11 is 0. The van der Waals surface area contributed by atoms with Crippen LogP contribution in [0.1, 0.15) is 31.7 Å². The summed E-state index contributed by atoms with van der Waals surface area (Å²) in [5.41, 5.74) is 0.873. The molecular formula is C17H22N2O6. The minimum absolute atomic E-state index is 0.169. The van der Waals surface area contributed by atoms with Gasteiger partial charge in [-0.2, -0.15) is 0 Å². The van der Waals surface area contributed by atoms with Gasteiger partial charge in [-0.3, -0.25) is 4.84 Å². The van der Waals surface area contributed by atoms with Crippen LogP contribution >= 0.6 is 0 Å². The topological polar surface area (TPSA) is 94.2 Å². The molecule has 1 aliphatic heterocycles. The number of nitrogens with zero attached hydrogens (tertiary/aromatic N) is 1. The lowest BCUT2D eigenvalue weighted by Gasteiger charge is -2.21. The Morgan fingerprint density at radius 1 is 1.16 bits per heavy atom. The molecule has 136 valence electrons. The second-order valence-electron chi connectivity index (χ2n) is 5.50. The molecule has 1 aromatic rings. The number of carbonyl (C=O) groups excluding carboxylic acids is 3. The predicted molar refractivity (Wildman–Crippen MR) is 86.4 cm³/mol. The van der Waals surface area contributed by atoms with Gasteiger partial charge < -0.3 is 14.9 Å². The summed E-state index contributed by atoms with van der Waals surface area (Å²) in [4.78, 5) is 45.4. The molecule has 1 aromatic carbocycles. The van der Waals surface area contributed by atoms with Gasteiger partial charge in [0.2, 0.25) is 0 Å². The number of hydrogen-bond donors (Lipinski definition) is 1. The fourth-order valence-electron chi connectivity index (χ4n) is 2.29. The van der Waals surface area contributed by atoms with Gasteiger partial charge in [0.1, 0.15) is 6.04 Å². The number of hydrogen-bond acceptors (Lipinski definition) is 8. The molecule has 0 amide bonds. The third-order valence-electron chi connectivity index (χ3n) is 3.62. The highest BCUT2D eigenvalue weighted by Crippen LogP contribution is 2.09. The Hall–Kier alpha value is -2.29. The summed E-state index contributed by atoms with van der Waals surface area (Å²) in [7, 11) is 0. The SMILES string of the molecule is CCN(OCc1ccccc1)OC(=O)C(=O)OC(=O)[C@H]1CCCCN1. The van der Waals surface area contributed by atoms with E-state index in [2.05, 4.69) is 10.1 Å². The Morgan fingerprint density at radius 2 is 1.92 bits per heavy atom. The molecule has 8 nitrogen and oxygen atoms in total. The summed E-state index contributed by atoms with van der Waals surface area (Å²) in [6, 6.07) is 8.70. The van der Waals surface area contributed by atoms with Crippen molar-refractivity contribution >= 4 is 17.9 Å². The van der Waals surface area contributed by atoms with Crippen LogP contribution < -0.4 is 5.32 Å². The van der Waals surface area contributed by atoms with Crippen LogP contribution in [0, 0.1) is 0 Å². The lowest BCUT2D eigenvalue weighted by molar-refractivity contribution is -0.348. The summed E-state index contributed by atoms with van der Waals surface area (Å²) in [5.74, 6) is -3.44. The minimum atomic E-state index is -1.36. The van der Waals surface area contributed by atoms with Crippen LogP contribution in [0.4, 0.5) is 0 Å². The van der Waals surface area contributed by atoms with E-state index in [4.69, 9.17) is 9.68 Å². The van der Waals surface area contributed by atoms with Crippen LogP contribution in [0.25, 0.3) is 0 Å². The van der Waals surface area contributed by atoms with E-state index in [0.29, 0.717) is 13.0 Å². The lowest BCUT2D eigenvalue weighted by atomic mass is 10.1. The molecule has 25 heavy (non-hydrogen) atoms. The largest absolute Gasteiger partial charge is 0.438 e. The molecular weight excluding hydrogens is 328 g/mol. The smallest absolute Gasteiger partial charge is 0.383 e. The number of hydroxylamine groups is 2. The molecule has 1 N–H and O–H groups in total. The highest BCUT2D eigenvalue weighted by atomic mass is 17.0. The zero-order chi connectivity index (χ0) is 18.1. The third kappa shape index (κ3) is 6.26. The van der Waals surface area contributed by atoms with E-state index < -0.39 is 23.9 Å². The van der Waals surface area contributed by atoms with E-state index in [1.54, 1.807) is 6.92 Å². The number of benzene rings is 1. The molecule has 0 aromatic heterocycles. The van der Waals surface area contributed by atoms with E-state index in [9.17, 15) is 14.4 Å². The monoisotopic (exact) mass is 350 g/mol. The maximum atomic E-state index is 11.8. The van der Waals surface area contributed by atoms with E-state index in [-0.39, 0.29) is 13.2 Å². The first-order valence-electron chi connectivity index (χ1n) is 8.26. The van der Waals surface area contributed by atoms with Crippen LogP contribution in [-0.2, 0) is 35.4 Å². The predicted octanol–water partition coefficient (Wildman–Crippen LogP) is 1.11. The number of ether oxygens (including phenoxy) is 1. The zero-order valence-corrected chi connectivity index (χ0v) is 14.1. The summed E-state index contributed by atoms with van der Waals surface area (Å²) < 4.78 is 4.56. The van der Waals surface area contributed by atoms with Crippen molar-refractivity contribution < 1.29 is 28.8 Å². The molecule has 1 heterocycles. The van der Waals surface area contributed by atoms with Gasteiger partial charge in [-0.25, -0.2) is 14.4 Å². The highest BCUT2D eigenvalue weighted by molar-refractivity contribution is 6.31. The van der Waals surface area contributed by atoms with Crippen molar-refractivity contribution in [2.75, 3.05) is 13.1 Å². The van der Waals surface area contributed by atoms with Crippen molar-refractivity contribution in [3.8, 4) is 0 Å². The first-order valence-corrected chi connectivity index (χ1v) is 8.26. The van der Waals surface area contributed by atoms with Gasteiger partial charge in [-0.15, -0.1) is 0 Å². The number of nitrogens with one attached hydrogen (secondary N) is 1. The highest BCUT2D eigenvalue weighted by Gasteiger charge is 2.29. The Balaban J connectivity index is 1.77. The van der Waals surface area contributed by atoms with E-state index in [1.165, 1.54) is 0 Å². The molecule has 0 unspecified atom stereocenters. The summed E-state index contributed by atoms with van der Waals surface area (Å²) in [6.07, 6.45) is 2.40. The number of rotatable bonds is 6. The Bertz CT molecular complexity index is 586. The lowest BCUT2D eigenvalue weighted by Crippen LogP contribution is -2.43. The van der Waals surface area contributed by atoms with Gasteiger partial charge in [0.25, 0.3) is 0 Å². The molecule has 1 fully saturated rings.